The van der Waals surface area contributed by atoms with Crippen molar-refractivity contribution in [2.75, 3.05) is 0 Å². The van der Waals surface area contributed by atoms with Gasteiger partial charge < -0.3 is 9.84 Å². The summed E-state index contributed by atoms with van der Waals surface area (Å²) < 4.78 is 31.8. The molecule has 100 valence electrons. The first-order valence-corrected chi connectivity index (χ1v) is 5.94. The number of aliphatic hydroxyl groups excluding tert-OH is 1. The van der Waals surface area contributed by atoms with Crippen LogP contribution in [0.4, 0.5) is 8.78 Å². The summed E-state index contributed by atoms with van der Waals surface area (Å²) in [7, 11) is 0. The van der Waals surface area contributed by atoms with E-state index in [1.807, 2.05) is 0 Å². The van der Waals surface area contributed by atoms with Crippen LogP contribution in [0.15, 0.2) is 36.4 Å². The second-order valence-electron chi connectivity index (χ2n) is 3.96. The van der Waals surface area contributed by atoms with Gasteiger partial charge in [0.25, 0.3) is 0 Å². The van der Waals surface area contributed by atoms with Gasteiger partial charge >= 0.3 is 0 Å². The average molecular weight is 285 g/mol. The quantitative estimate of drug-likeness (QED) is 0.928. The maximum absolute atomic E-state index is 13.6. The molecule has 5 heteroatoms. The Labute approximate surface area is 114 Å². The summed E-state index contributed by atoms with van der Waals surface area (Å²) in [5.74, 6) is -0.999. The minimum Gasteiger partial charge on any atom is -0.486 e. The standard InChI is InChI=1S/C14H11ClF2O2/c15-11-5-10(1-3-12(11)16)8-19-14-4-2-9(7-18)6-13(14)17/h1-6,18H,7-8H2. The molecule has 0 radical (unpaired) electrons. The van der Waals surface area contributed by atoms with Gasteiger partial charge in [-0.05, 0) is 35.4 Å². The van der Waals surface area contributed by atoms with E-state index < -0.39 is 11.6 Å². The molecule has 0 heterocycles. The SMILES string of the molecule is OCc1ccc(OCc2ccc(F)c(Cl)c2)c(F)c1. The van der Waals surface area contributed by atoms with Crippen molar-refractivity contribution < 1.29 is 18.6 Å². The smallest absolute Gasteiger partial charge is 0.165 e. The molecule has 0 aliphatic rings. The maximum atomic E-state index is 13.6. The zero-order valence-electron chi connectivity index (χ0n) is 9.87. The van der Waals surface area contributed by atoms with E-state index in [1.54, 1.807) is 6.07 Å². The Hall–Kier alpha value is -1.65. The molecule has 0 aliphatic heterocycles. The van der Waals surface area contributed by atoms with Crippen LogP contribution < -0.4 is 4.74 Å². The summed E-state index contributed by atoms with van der Waals surface area (Å²) in [6, 6.07) is 8.37. The van der Waals surface area contributed by atoms with Crippen molar-refractivity contribution in [2.24, 2.45) is 0 Å². The van der Waals surface area contributed by atoms with E-state index in [0.717, 1.165) is 0 Å². The first-order chi connectivity index (χ1) is 9.10. The predicted octanol–water partition coefficient (Wildman–Crippen LogP) is 3.69. The van der Waals surface area contributed by atoms with Crippen molar-refractivity contribution in [2.45, 2.75) is 13.2 Å². The van der Waals surface area contributed by atoms with Gasteiger partial charge in [-0.25, -0.2) is 8.78 Å². The molecule has 2 nitrogen and oxygen atoms in total. The van der Waals surface area contributed by atoms with Gasteiger partial charge in [0, 0.05) is 0 Å². The summed E-state index contributed by atoms with van der Waals surface area (Å²) >= 11 is 5.63. The number of hydrogen-bond acceptors (Lipinski definition) is 2. The first-order valence-electron chi connectivity index (χ1n) is 5.56. The Morgan fingerprint density at radius 1 is 1.00 bits per heavy atom. The van der Waals surface area contributed by atoms with Crippen LogP contribution in [0.1, 0.15) is 11.1 Å². The van der Waals surface area contributed by atoms with Crippen molar-refractivity contribution in [1.82, 2.24) is 0 Å². The molecule has 0 saturated heterocycles. The molecule has 19 heavy (non-hydrogen) atoms. The second kappa shape index (κ2) is 5.99. The topological polar surface area (TPSA) is 29.5 Å². The third-order valence-corrected chi connectivity index (χ3v) is 2.85. The lowest BCUT2D eigenvalue weighted by Crippen LogP contribution is -1.98. The molecular weight excluding hydrogens is 274 g/mol. The van der Waals surface area contributed by atoms with Gasteiger partial charge in [-0.2, -0.15) is 0 Å². The monoisotopic (exact) mass is 284 g/mol. The molecule has 0 saturated carbocycles. The Balaban J connectivity index is 2.07. The molecule has 0 bridgehead atoms. The van der Waals surface area contributed by atoms with Crippen LogP contribution in [0, 0.1) is 11.6 Å². The zero-order chi connectivity index (χ0) is 13.8. The van der Waals surface area contributed by atoms with Crippen LogP contribution in [0.3, 0.4) is 0 Å². The van der Waals surface area contributed by atoms with E-state index in [1.165, 1.54) is 30.3 Å². The highest BCUT2D eigenvalue weighted by Gasteiger charge is 2.06. The molecule has 2 aromatic rings. The van der Waals surface area contributed by atoms with Gasteiger partial charge in [0.2, 0.25) is 0 Å². The number of benzene rings is 2. The largest absolute Gasteiger partial charge is 0.486 e. The molecule has 0 aromatic heterocycles. The number of halogens is 3. The van der Waals surface area contributed by atoms with Crippen LogP contribution in [0.25, 0.3) is 0 Å². The molecule has 2 rings (SSSR count). The average Bonchev–Trinajstić information content (AvgIpc) is 2.41. The van der Waals surface area contributed by atoms with Crippen LogP contribution in [0.2, 0.25) is 5.02 Å². The molecule has 0 aliphatic carbocycles. The third kappa shape index (κ3) is 3.43. The van der Waals surface area contributed by atoms with Crippen LogP contribution in [0.5, 0.6) is 5.75 Å². The zero-order valence-corrected chi connectivity index (χ0v) is 10.6. The van der Waals surface area contributed by atoms with Crippen LogP contribution >= 0.6 is 11.6 Å². The van der Waals surface area contributed by atoms with Gasteiger partial charge in [-0.1, -0.05) is 23.7 Å². The second-order valence-corrected chi connectivity index (χ2v) is 4.37. The van der Waals surface area contributed by atoms with Gasteiger partial charge in [-0.3, -0.25) is 0 Å². The van der Waals surface area contributed by atoms with Crippen LogP contribution in [-0.4, -0.2) is 5.11 Å². The minimum atomic E-state index is -0.556. The lowest BCUT2D eigenvalue weighted by atomic mass is 10.2. The van der Waals surface area contributed by atoms with Gasteiger partial charge in [0.05, 0.1) is 11.6 Å². The van der Waals surface area contributed by atoms with E-state index in [0.29, 0.717) is 11.1 Å². The number of ether oxygens (including phenoxy) is 1. The minimum absolute atomic E-state index is 0.00259. The van der Waals surface area contributed by atoms with Crippen molar-refractivity contribution in [1.29, 1.82) is 0 Å². The van der Waals surface area contributed by atoms with E-state index in [2.05, 4.69) is 0 Å². The van der Waals surface area contributed by atoms with E-state index >= 15 is 0 Å². The summed E-state index contributed by atoms with van der Waals surface area (Å²) in [5.41, 5.74) is 1.10. The highest BCUT2D eigenvalue weighted by atomic mass is 35.5. The molecular formula is C14H11ClF2O2. The Morgan fingerprint density at radius 3 is 2.37 bits per heavy atom. The fourth-order valence-corrected chi connectivity index (χ4v) is 1.75. The summed E-state index contributed by atoms with van der Waals surface area (Å²) in [6.45, 7) is -0.153. The molecule has 0 atom stereocenters. The molecule has 0 fully saturated rings. The Bertz CT molecular complexity index is 588. The Kier molecular flexibility index (Phi) is 4.35. The number of rotatable bonds is 4. The fraction of sp³-hybridized carbons (Fsp3) is 0.143. The lowest BCUT2D eigenvalue weighted by Gasteiger charge is -2.08. The number of aliphatic hydroxyl groups is 1. The summed E-state index contributed by atoms with van der Waals surface area (Å²) in [6.07, 6.45) is 0. The molecule has 0 unspecified atom stereocenters. The van der Waals surface area contributed by atoms with Crippen molar-refractivity contribution in [3.05, 3.63) is 64.2 Å². The normalized spacial score (nSPS) is 10.5. The lowest BCUT2D eigenvalue weighted by molar-refractivity contribution is 0.276. The Morgan fingerprint density at radius 2 is 1.74 bits per heavy atom. The third-order valence-electron chi connectivity index (χ3n) is 2.56. The molecule has 2 aromatic carbocycles. The van der Waals surface area contributed by atoms with Crippen molar-refractivity contribution in [3.8, 4) is 5.75 Å². The maximum Gasteiger partial charge on any atom is 0.165 e. The van der Waals surface area contributed by atoms with Gasteiger partial charge in [0.1, 0.15) is 12.4 Å². The van der Waals surface area contributed by atoms with Gasteiger partial charge in [0.15, 0.2) is 11.6 Å². The van der Waals surface area contributed by atoms with Crippen molar-refractivity contribution in [3.63, 3.8) is 0 Å². The first kappa shape index (κ1) is 13.8. The predicted molar refractivity (Wildman–Crippen MR) is 68.1 cm³/mol. The van der Waals surface area contributed by atoms with E-state index in [9.17, 15) is 8.78 Å². The van der Waals surface area contributed by atoms with Crippen LogP contribution in [-0.2, 0) is 13.2 Å². The van der Waals surface area contributed by atoms with E-state index in [4.69, 9.17) is 21.4 Å². The summed E-state index contributed by atoms with van der Waals surface area (Å²) in [5, 5.41) is 8.86. The molecule has 0 spiro atoms. The van der Waals surface area contributed by atoms with Gasteiger partial charge in [-0.15, -0.1) is 0 Å². The highest BCUT2D eigenvalue weighted by Crippen LogP contribution is 2.21. The molecule has 1 N–H and O–H groups in total. The van der Waals surface area contributed by atoms with E-state index in [-0.39, 0.29) is 24.0 Å². The summed E-state index contributed by atoms with van der Waals surface area (Å²) in [4.78, 5) is 0. The molecule has 0 amide bonds. The number of hydrogen-bond donors (Lipinski definition) is 1. The highest BCUT2D eigenvalue weighted by molar-refractivity contribution is 6.30. The fourth-order valence-electron chi connectivity index (χ4n) is 1.55. The van der Waals surface area contributed by atoms with Crippen molar-refractivity contribution >= 4 is 11.6 Å².